The molecule has 0 unspecified atom stereocenters. The van der Waals surface area contributed by atoms with Crippen LogP contribution in [0, 0.1) is 11.7 Å². The van der Waals surface area contributed by atoms with Gasteiger partial charge in [-0.2, -0.15) is 5.10 Å². The smallest absolute Gasteiger partial charge is 0.237 e. The van der Waals surface area contributed by atoms with Gasteiger partial charge in [0.1, 0.15) is 12.1 Å². The number of hydrogen-bond donors (Lipinski definition) is 2. The van der Waals surface area contributed by atoms with E-state index in [0.717, 1.165) is 23.4 Å². The van der Waals surface area contributed by atoms with Crippen molar-refractivity contribution in [3.63, 3.8) is 0 Å². The van der Waals surface area contributed by atoms with Crippen molar-refractivity contribution < 1.29 is 4.79 Å². The molecular weight excluding hydrogens is 226 g/mol. The molecule has 0 aliphatic carbocycles. The summed E-state index contributed by atoms with van der Waals surface area (Å²) in [6, 6.07) is 0. The molecule has 6 nitrogen and oxygen atoms in total. The highest BCUT2D eigenvalue weighted by Crippen LogP contribution is 2.17. The van der Waals surface area contributed by atoms with Gasteiger partial charge in [0.05, 0.1) is 5.69 Å². The number of hydrogen-bond acceptors (Lipinski definition) is 3. The lowest BCUT2D eigenvalue weighted by molar-refractivity contribution is -0.118. The van der Waals surface area contributed by atoms with Gasteiger partial charge < -0.3 is 10.7 Å². The molecule has 2 aromatic rings. The summed E-state index contributed by atoms with van der Waals surface area (Å²) in [6.45, 7) is 4.67. The molecule has 7 heteroatoms. The highest BCUT2D eigenvalue weighted by atomic mass is 32.1. The molecular formula is C9H13N5OS. The molecule has 3 N–H and O–H groups in total. The summed E-state index contributed by atoms with van der Waals surface area (Å²) >= 11 is 5.15. The van der Waals surface area contributed by atoms with Crippen LogP contribution in [0.5, 0.6) is 0 Å². The first kappa shape index (κ1) is 10.9. The van der Waals surface area contributed by atoms with Crippen LogP contribution in [0.1, 0.15) is 12.6 Å². The third kappa shape index (κ3) is 1.53. The van der Waals surface area contributed by atoms with Crippen LogP contribution in [0.15, 0.2) is 0 Å². The molecule has 2 rings (SSSR count). The normalized spacial score (nSPS) is 11.1. The Bertz CT molecular complexity index is 605. The zero-order valence-electron chi connectivity index (χ0n) is 9.15. The van der Waals surface area contributed by atoms with Crippen LogP contribution >= 0.6 is 12.2 Å². The van der Waals surface area contributed by atoms with Crippen molar-refractivity contribution in [2.45, 2.75) is 26.9 Å². The minimum atomic E-state index is -0.418. The van der Waals surface area contributed by atoms with E-state index < -0.39 is 5.91 Å². The average molecular weight is 239 g/mol. The van der Waals surface area contributed by atoms with Crippen LogP contribution in [0.2, 0.25) is 0 Å². The van der Waals surface area contributed by atoms with E-state index in [1.54, 1.807) is 9.25 Å². The quantitative estimate of drug-likeness (QED) is 0.774. The number of carbonyl (C=O) groups is 1. The Morgan fingerprint density at radius 3 is 2.88 bits per heavy atom. The Kier molecular flexibility index (Phi) is 2.55. The molecule has 0 bridgehead atoms. The lowest BCUT2D eigenvalue weighted by Crippen LogP contribution is -2.19. The minimum Gasteiger partial charge on any atom is -0.368 e. The Hall–Kier alpha value is -1.63. The van der Waals surface area contributed by atoms with Crippen LogP contribution in [-0.2, 0) is 17.9 Å². The fourth-order valence-corrected chi connectivity index (χ4v) is 2.04. The maximum Gasteiger partial charge on any atom is 0.237 e. The summed E-state index contributed by atoms with van der Waals surface area (Å²) < 4.78 is 3.98. The maximum atomic E-state index is 11.0. The number of fused-ring (bicyclic) bond motifs is 1. The summed E-state index contributed by atoms with van der Waals surface area (Å²) in [6.07, 6.45) is 0. The number of primary amides is 1. The largest absolute Gasteiger partial charge is 0.368 e. The zero-order valence-corrected chi connectivity index (χ0v) is 9.97. The van der Waals surface area contributed by atoms with Crippen molar-refractivity contribution in [1.29, 1.82) is 0 Å². The average Bonchev–Trinajstić information content (AvgIpc) is 2.67. The molecule has 0 atom stereocenters. The molecule has 0 aromatic carbocycles. The monoisotopic (exact) mass is 239 g/mol. The highest BCUT2D eigenvalue weighted by molar-refractivity contribution is 7.71. The number of aromatic amines is 1. The Morgan fingerprint density at radius 1 is 1.62 bits per heavy atom. The molecule has 86 valence electrons. The molecule has 2 aromatic heterocycles. The van der Waals surface area contributed by atoms with Crippen molar-refractivity contribution >= 4 is 29.3 Å². The molecule has 16 heavy (non-hydrogen) atoms. The van der Waals surface area contributed by atoms with Gasteiger partial charge in [-0.3, -0.25) is 9.36 Å². The summed E-state index contributed by atoms with van der Waals surface area (Å²) in [5.41, 5.74) is 7.75. The van der Waals surface area contributed by atoms with Crippen molar-refractivity contribution in [3.05, 3.63) is 10.5 Å². The predicted molar refractivity (Wildman–Crippen MR) is 62.5 cm³/mol. The second kappa shape index (κ2) is 3.75. The Labute approximate surface area is 97.0 Å². The second-order valence-corrected chi connectivity index (χ2v) is 3.97. The van der Waals surface area contributed by atoms with Crippen LogP contribution in [-0.4, -0.2) is 25.2 Å². The van der Waals surface area contributed by atoms with Gasteiger partial charge in [-0.15, -0.1) is 0 Å². The van der Waals surface area contributed by atoms with Crippen molar-refractivity contribution in [2.75, 3.05) is 0 Å². The first-order valence-corrected chi connectivity index (χ1v) is 5.39. The van der Waals surface area contributed by atoms with Gasteiger partial charge in [-0.25, -0.2) is 4.68 Å². The fourth-order valence-electron chi connectivity index (χ4n) is 1.78. The first-order chi connectivity index (χ1) is 7.54. The predicted octanol–water partition coefficient (Wildman–Crippen LogP) is 0.709. The fraction of sp³-hybridized carbons (Fsp3) is 0.444. The van der Waals surface area contributed by atoms with Gasteiger partial charge in [0.25, 0.3) is 0 Å². The van der Waals surface area contributed by atoms with E-state index in [1.165, 1.54) is 0 Å². The molecule has 2 heterocycles. The van der Waals surface area contributed by atoms with Gasteiger partial charge >= 0.3 is 0 Å². The number of H-pyrrole nitrogens is 1. The second-order valence-electron chi connectivity index (χ2n) is 3.58. The third-order valence-corrected chi connectivity index (χ3v) is 2.77. The maximum absolute atomic E-state index is 11.0. The van der Waals surface area contributed by atoms with E-state index in [1.807, 2.05) is 13.8 Å². The summed E-state index contributed by atoms with van der Waals surface area (Å²) in [5.74, 6) is -0.418. The van der Waals surface area contributed by atoms with Crippen LogP contribution in [0.3, 0.4) is 0 Å². The van der Waals surface area contributed by atoms with Gasteiger partial charge in [-0.05, 0) is 26.1 Å². The molecule has 0 saturated heterocycles. The lowest BCUT2D eigenvalue weighted by atomic mass is 10.4. The Balaban J connectivity index is 2.75. The first-order valence-electron chi connectivity index (χ1n) is 4.98. The summed E-state index contributed by atoms with van der Waals surface area (Å²) in [4.78, 5) is 14.0. The summed E-state index contributed by atoms with van der Waals surface area (Å²) in [7, 11) is 0. The van der Waals surface area contributed by atoms with Crippen molar-refractivity contribution in [3.8, 4) is 0 Å². The number of imidazole rings is 1. The number of aryl methyl sites for hydroxylation is 2. The molecule has 0 spiro atoms. The van der Waals surface area contributed by atoms with Gasteiger partial charge in [0, 0.05) is 6.54 Å². The molecule has 0 fully saturated rings. The number of aromatic nitrogens is 4. The number of carbonyl (C=O) groups excluding carboxylic acids is 1. The van der Waals surface area contributed by atoms with Crippen LogP contribution < -0.4 is 5.73 Å². The topological polar surface area (TPSA) is 81.6 Å². The minimum absolute atomic E-state index is 0.0734. The molecule has 0 radical (unpaired) electrons. The lowest BCUT2D eigenvalue weighted by Gasteiger charge is -2.02. The van der Waals surface area contributed by atoms with E-state index in [-0.39, 0.29) is 6.54 Å². The van der Waals surface area contributed by atoms with Gasteiger partial charge in [0.15, 0.2) is 10.4 Å². The third-order valence-electron chi connectivity index (χ3n) is 2.45. The number of rotatable bonds is 3. The van der Waals surface area contributed by atoms with E-state index in [2.05, 4.69) is 10.1 Å². The highest BCUT2D eigenvalue weighted by Gasteiger charge is 2.14. The van der Waals surface area contributed by atoms with E-state index in [9.17, 15) is 4.79 Å². The van der Waals surface area contributed by atoms with Crippen molar-refractivity contribution in [1.82, 2.24) is 19.3 Å². The number of amides is 1. The zero-order chi connectivity index (χ0) is 11.9. The number of nitrogens with zero attached hydrogens (tertiary/aromatic N) is 3. The van der Waals surface area contributed by atoms with Crippen LogP contribution in [0.4, 0.5) is 0 Å². The molecule has 0 aliphatic rings. The number of nitrogens with one attached hydrogen (secondary N) is 1. The molecule has 0 aliphatic heterocycles. The standard InChI is InChI=1S/C9H13N5OS/c1-3-14-8-7(5(2)12-14)11-9(16)13(8)4-6(10)15/h3-4H2,1-2H3,(H2,10,15)(H,11,16). The number of nitrogens with two attached hydrogens (primary N) is 1. The van der Waals surface area contributed by atoms with E-state index in [4.69, 9.17) is 18.0 Å². The van der Waals surface area contributed by atoms with E-state index >= 15 is 0 Å². The Morgan fingerprint density at radius 2 is 2.31 bits per heavy atom. The summed E-state index contributed by atoms with van der Waals surface area (Å²) in [5, 5.41) is 4.34. The van der Waals surface area contributed by atoms with Gasteiger partial charge in [-0.1, -0.05) is 0 Å². The van der Waals surface area contributed by atoms with Crippen molar-refractivity contribution in [2.24, 2.45) is 5.73 Å². The van der Waals surface area contributed by atoms with Gasteiger partial charge in [0.2, 0.25) is 5.91 Å². The molecule has 0 saturated carbocycles. The van der Waals surface area contributed by atoms with E-state index in [0.29, 0.717) is 4.77 Å². The molecule has 1 amide bonds. The van der Waals surface area contributed by atoms with Crippen LogP contribution in [0.25, 0.3) is 11.2 Å². The SMILES string of the molecule is CCn1nc(C)c2[nH]c(=S)n(CC(N)=O)c21.